The topological polar surface area (TPSA) is 98.2 Å². The smallest absolute Gasteiger partial charge is 0.232 e. The molecular weight excluding hydrogens is 461 g/mol. The number of anilines is 1. The highest BCUT2D eigenvalue weighted by Crippen LogP contribution is 2.47. The predicted octanol–water partition coefficient (Wildman–Crippen LogP) is 6.06. The van der Waals surface area contributed by atoms with Gasteiger partial charge in [0.1, 0.15) is 0 Å². The van der Waals surface area contributed by atoms with Crippen molar-refractivity contribution in [2.45, 2.75) is 82.5 Å². The van der Waals surface area contributed by atoms with Gasteiger partial charge in [-0.1, -0.05) is 42.4 Å². The lowest BCUT2D eigenvalue weighted by Crippen LogP contribution is -2.31. The number of benzene rings is 1. The number of aryl methyl sites for hydroxylation is 1. The third kappa shape index (κ3) is 5.88. The zero-order valence-corrected chi connectivity index (χ0v) is 20.7. The Morgan fingerprint density at radius 3 is 2.72 bits per heavy atom. The monoisotopic (exact) mass is 493 g/mol. The van der Waals surface area contributed by atoms with Crippen molar-refractivity contribution in [1.29, 1.82) is 0 Å². The molecule has 5 rings (SSSR count). The number of unbranched alkanes of at least 4 members (excludes halogenated alkanes) is 2. The molecule has 0 atom stereocenters. The average Bonchev–Trinajstić information content (AvgIpc) is 3.75. The van der Waals surface area contributed by atoms with Crippen LogP contribution in [0.15, 0.2) is 45.7 Å². The first-order valence-corrected chi connectivity index (χ1v) is 12.8. The number of allylic oxidation sites excluding steroid dienone is 1. The third-order valence-electron chi connectivity index (χ3n) is 6.97. The van der Waals surface area contributed by atoms with Crippen molar-refractivity contribution in [3.05, 3.63) is 54.3 Å². The van der Waals surface area contributed by atoms with Gasteiger partial charge in [-0.25, -0.2) is 4.39 Å². The quantitative estimate of drug-likeness (QED) is 0.267. The number of nitrogens with zero attached hydrogens (tertiary/aromatic N) is 5. The van der Waals surface area contributed by atoms with E-state index < -0.39 is 5.83 Å². The first-order chi connectivity index (χ1) is 17.4. The molecule has 0 saturated heterocycles. The molecule has 0 unspecified atom stereocenters. The van der Waals surface area contributed by atoms with Gasteiger partial charge in [-0.2, -0.15) is 9.97 Å². The lowest BCUT2D eigenvalue weighted by molar-refractivity contribution is -0.118. The Hall–Kier alpha value is -3.36. The number of hydrogen-bond donors (Lipinski definition) is 0. The highest BCUT2D eigenvalue weighted by atomic mass is 19.1. The fourth-order valence-corrected chi connectivity index (χ4v) is 4.18. The van der Waals surface area contributed by atoms with E-state index in [0.29, 0.717) is 30.1 Å². The molecule has 2 aliphatic rings. The Labute approximate surface area is 210 Å². The van der Waals surface area contributed by atoms with Gasteiger partial charge in [0.2, 0.25) is 23.5 Å². The molecule has 190 valence electrons. The van der Waals surface area contributed by atoms with Gasteiger partial charge < -0.3 is 13.9 Å². The van der Waals surface area contributed by atoms with Crippen LogP contribution in [0.4, 0.5) is 10.1 Å². The van der Waals surface area contributed by atoms with Crippen molar-refractivity contribution in [3.8, 4) is 11.4 Å². The van der Waals surface area contributed by atoms with E-state index in [0.717, 1.165) is 68.4 Å². The van der Waals surface area contributed by atoms with Gasteiger partial charge in [0.25, 0.3) is 0 Å². The van der Waals surface area contributed by atoms with Crippen LogP contribution in [0.1, 0.15) is 88.2 Å². The summed E-state index contributed by atoms with van der Waals surface area (Å²) in [5.74, 6) is 2.52. The summed E-state index contributed by atoms with van der Waals surface area (Å²) in [4.78, 5) is 23.8. The third-order valence-corrected chi connectivity index (χ3v) is 6.97. The second kappa shape index (κ2) is 10.3. The van der Waals surface area contributed by atoms with E-state index in [1.807, 2.05) is 24.3 Å². The van der Waals surface area contributed by atoms with Crippen LogP contribution in [0.2, 0.25) is 0 Å². The second-order valence-electron chi connectivity index (χ2n) is 10.2. The van der Waals surface area contributed by atoms with Crippen molar-refractivity contribution in [2.24, 2.45) is 0 Å². The molecule has 0 radical (unpaired) electrons. The van der Waals surface area contributed by atoms with E-state index in [2.05, 4.69) is 33.8 Å². The maximum absolute atomic E-state index is 13.3. The lowest BCUT2D eigenvalue weighted by atomic mass is 10.1. The second-order valence-corrected chi connectivity index (χ2v) is 10.2. The van der Waals surface area contributed by atoms with Crippen LogP contribution in [-0.2, 0) is 16.6 Å². The van der Waals surface area contributed by atoms with E-state index in [9.17, 15) is 9.18 Å². The minimum absolute atomic E-state index is 0.0136. The summed E-state index contributed by atoms with van der Waals surface area (Å²) in [7, 11) is 0. The fourth-order valence-electron chi connectivity index (χ4n) is 4.18. The summed E-state index contributed by atoms with van der Waals surface area (Å²) < 4.78 is 24.1. The Morgan fingerprint density at radius 2 is 1.97 bits per heavy atom. The van der Waals surface area contributed by atoms with Gasteiger partial charge in [0.15, 0.2) is 5.82 Å². The van der Waals surface area contributed by atoms with E-state index in [1.54, 1.807) is 4.90 Å². The summed E-state index contributed by atoms with van der Waals surface area (Å²) >= 11 is 0. The highest BCUT2D eigenvalue weighted by Gasteiger charge is 2.44. The van der Waals surface area contributed by atoms with Crippen LogP contribution < -0.4 is 4.90 Å². The van der Waals surface area contributed by atoms with Crippen molar-refractivity contribution in [2.75, 3.05) is 11.4 Å². The van der Waals surface area contributed by atoms with Crippen LogP contribution in [0.5, 0.6) is 0 Å². The molecule has 0 spiro atoms. The molecule has 0 aliphatic heterocycles. The molecule has 2 heterocycles. The number of rotatable bonds is 13. The first kappa shape index (κ1) is 24.3. The Balaban J connectivity index is 1.22. The molecule has 0 bridgehead atoms. The van der Waals surface area contributed by atoms with Gasteiger partial charge in [-0.05, 0) is 50.7 Å². The summed E-state index contributed by atoms with van der Waals surface area (Å²) in [6.45, 7) is 5.92. The van der Waals surface area contributed by atoms with Crippen molar-refractivity contribution in [3.63, 3.8) is 0 Å². The number of aromatic nitrogens is 4. The highest BCUT2D eigenvalue weighted by molar-refractivity contribution is 5.94. The van der Waals surface area contributed by atoms with E-state index in [4.69, 9.17) is 9.05 Å². The predicted molar refractivity (Wildman–Crippen MR) is 132 cm³/mol. The van der Waals surface area contributed by atoms with Crippen LogP contribution in [-0.4, -0.2) is 32.7 Å². The standard InChI is InChI=1S/C27H32FN5O3/c1-18(28)10-13-23(34)33(16-5-3-4-9-22-29-24(31-35-22)19-11-12-19)21-8-6-7-20(17-21)25-30-26(36-32-25)27(2)14-15-27/h6-8,17,19H,1,3-5,9-16H2,2H3. The molecule has 2 saturated carbocycles. The minimum Gasteiger partial charge on any atom is -0.339 e. The summed E-state index contributed by atoms with van der Waals surface area (Å²) in [6, 6.07) is 7.55. The van der Waals surface area contributed by atoms with Crippen LogP contribution >= 0.6 is 0 Å². The molecule has 8 nitrogen and oxygen atoms in total. The largest absolute Gasteiger partial charge is 0.339 e. The van der Waals surface area contributed by atoms with Gasteiger partial charge in [-0.3, -0.25) is 4.79 Å². The average molecular weight is 494 g/mol. The molecule has 9 heteroatoms. The molecule has 1 aromatic carbocycles. The molecule has 2 aromatic heterocycles. The van der Waals surface area contributed by atoms with E-state index >= 15 is 0 Å². The number of carbonyl (C=O) groups is 1. The summed E-state index contributed by atoms with van der Waals surface area (Å²) in [5, 5.41) is 8.22. The number of halogens is 1. The molecule has 1 amide bonds. The zero-order valence-electron chi connectivity index (χ0n) is 20.7. The first-order valence-electron chi connectivity index (χ1n) is 12.8. The molecular formula is C27H32FN5O3. The Morgan fingerprint density at radius 1 is 1.14 bits per heavy atom. The molecule has 0 N–H and O–H groups in total. The Bertz CT molecular complexity index is 1230. The van der Waals surface area contributed by atoms with Crippen LogP contribution in [0, 0.1) is 0 Å². The van der Waals surface area contributed by atoms with Gasteiger partial charge in [-0.15, -0.1) is 0 Å². The fraction of sp³-hybridized carbons (Fsp3) is 0.519. The zero-order chi connectivity index (χ0) is 25.1. The molecule has 2 fully saturated rings. The number of amides is 1. The molecule has 36 heavy (non-hydrogen) atoms. The van der Waals surface area contributed by atoms with Crippen LogP contribution in [0.3, 0.4) is 0 Å². The van der Waals surface area contributed by atoms with Gasteiger partial charge in [0.05, 0.1) is 5.83 Å². The lowest BCUT2D eigenvalue weighted by Gasteiger charge is -2.23. The van der Waals surface area contributed by atoms with E-state index in [1.165, 1.54) is 0 Å². The summed E-state index contributed by atoms with van der Waals surface area (Å²) in [5.41, 5.74) is 1.50. The van der Waals surface area contributed by atoms with E-state index in [-0.39, 0.29) is 24.2 Å². The molecule has 2 aliphatic carbocycles. The maximum Gasteiger partial charge on any atom is 0.232 e. The number of carbonyl (C=O) groups excluding carboxylic acids is 1. The SMILES string of the molecule is C=C(F)CCC(=O)N(CCCCCc1nc(C2CC2)no1)c1cccc(-c2noc(C3(C)CC3)n2)c1. The maximum atomic E-state index is 13.3. The van der Waals surface area contributed by atoms with Crippen molar-refractivity contribution in [1.82, 2.24) is 20.3 Å². The molecule has 3 aromatic rings. The van der Waals surface area contributed by atoms with Crippen LogP contribution in [0.25, 0.3) is 11.4 Å². The summed E-state index contributed by atoms with van der Waals surface area (Å²) in [6.07, 6.45) is 7.77. The van der Waals surface area contributed by atoms with Gasteiger partial charge >= 0.3 is 0 Å². The normalized spacial score (nSPS) is 16.2. The minimum atomic E-state index is -0.491. The van der Waals surface area contributed by atoms with Gasteiger partial charge in [0, 0.05) is 48.4 Å². The van der Waals surface area contributed by atoms with Crippen molar-refractivity contribution < 1.29 is 18.2 Å². The number of hydrogen-bond acceptors (Lipinski definition) is 7. The Kier molecular flexibility index (Phi) is 6.98. The van der Waals surface area contributed by atoms with Crippen molar-refractivity contribution >= 4 is 11.6 Å².